The van der Waals surface area contributed by atoms with Gasteiger partial charge in [-0.15, -0.1) is 0 Å². The Bertz CT molecular complexity index is 614. The van der Waals surface area contributed by atoms with E-state index in [9.17, 15) is 0 Å². The lowest BCUT2D eigenvalue weighted by Gasteiger charge is -2.22. The van der Waals surface area contributed by atoms with Crippen LogP contribution in [-0.4, -0.2) is 6.61 Å². The van der Waals surface area contributed by atoms with Crippen LogP contribution >= 0.6 is 8.15 Å². The Balaban J connectivity index is 2.49. The van der Waals surface area contributed by atoms with E-state index >= 15 is 0 Å². The normalized spacial score (nSPS) is 11.3. The molecule has 0 saturated carbocycles. The molecule has 2 aromatic carbocycles. The molecule has 0 aromatic heterocycles. The van der Waals surface area contributed by atoms with E-state index in [1.165, 1.54) is 50.4 Å². The third kappa shape index (κ3) is 4.26. The molecule has 0 amide bonds. The summed E-state index contributed by atoms with van der Waals surface area (Å²) in [6.07, 6.45) is 2.29. The highest BCUT2D eigenvalue weighted by atomic mass is 31.1. The highest BCUT2D eigenvalue weighted by Gasteiger charge is 2.18. The van der Waals surface area contributed by atoms with Crippen molar-refractivity contribution in [2.24, 2.45) is 0 Å². The van der Waals surface area contributed by atoms with E-state index in [4.69, 9.17) is 4.52 Å². The van der Waals surface area contributed by atoms with Crippen LogP contribution in [0.3, 0.4) is 0 Å². The molecular formula is C22H31OP. The van der Waals surface area contributed by atoms with Gasteiger partial charge in [0.05, 0.1) is 14.8 Å². The molecule has 2 aromatic rings. The fourth-order valence-electron chi connectivity index (χ4n) is 2.86. The third-order valence-electron chi connectivity index (χ3n) is 5.01. The maximum atomic E-state index is 6.42. The summed E-state index contributed by atoms with van der Waals surface area (Å²) in [5, 5.41) is 2.67. The maximum absolute atomic E-state index is 6.42. The van der Waals surface area contributed by atoms with Crippen molar-refractivity contribution in [1.29, 1.82) is 0 Å². The number of hydrogen-bond donors (Lipinski definition) is 0. The zero-order valence-corrected chi connectivity index (χ0v) is 17.2. The van der Waals surface area contributed by atoms with E-state index < -0.39 is 8.15 Å². The van der Waals surface area contributed by atoms with Gasteiger partial charge in [-0.1, -0.05) is 13.3 Å². The summed E-state index contributed by atoms with van der Waals surface area (Å²) in [5.74, 6) is 0. The van der Waals surface area contributed by atoms with Crippen molar-refractivity contribution in [2.75, 3.05) is 6.61 Å². The zero-order valence-electron chi connectivity index (χ0n) is 16.3. The molecule has 1 nitrogen and oxygen atoms in total. The molecule has 0 radical (unpaired) electrons. The van der Waals surface area contributed by atoms with Gasteiger partial charge in [0.1, 0.15) is 0 Å². The fourth-order valence-corrected chi connectivity index (χ4v) is 5.01. The van der Waals surface area contributed by atoms with Crippen molar-refractivity contribution in [3.8, 4) is 0 Å². The van der Waals surface area contributed by atoms with Gasteiger partial charge in [0, 0.05) is 10.6 Å². The van der Waals surface area contributed by atoms with Gasteiger partial charge in [-0.05, 0) is 106 Å². The van der Waals surface area contributed by atoms with E-state index in [-0.39, 0.29) is 0 Å². The van der Waals surface area contributed by atoms with Crippen LogP contribution in [-0.2, 0) is 4.52 Å². The molecule has 0 unspecified atom stereocenters. The van der Waals surface area contributed by atoms with Crippen LogP contribution in [0.1, 0.15) is 53.1 Å². The zero-order chi connectivity index (χ0) is 17.9. The van der Waals surface area contributed by atoms with E-state index in [0.717, 1.165) is 13.0 Å². The number of rotatable bonds is 6. The fraction of sp³-hybridized carbons (Fsp3) is 0.455. The van der Waals surface area contributed by atoms with Crippen molar-refractivity contribution in [3.05, 3.63) is 57.6 Å². The van der Waals surface area contributed by atoms with E-state index in [2.05, 4.69) is 72.7 Å². The Hall–Kier alpha value is -1.17. The van der Waals surface area contributed by atoms with Gasteiger partial charge in [-0.3, -0.25) is 0 Å². The minimum atomic E-state index is -0.752. The minimum absolute atomic E-state index is 0.752. The summed E-state index contributed by atoms with van der Waals surface area (Å²) in [5.41, 5.74) is 8.21. The maximum Gasteiger partial charge on any atom is 0.0917 e. The van der Waals surface area contributed by atoms with Gasteiger partial charge < -0.3 is 4.52 Å². The Labute approximate surface area is 149 Å². The second-order valence-electron chi connectivity index (χ2n) is 6.89. The lowest BCUT2D eigenvalue weighted by molar-refractivity contribution is 0.350. The van der Waals surface area contributed by atoms with E-state index in [1.54, 1.807) is 0 Å². The first-order chi connectivity index (χ1) is 11.3. The Morgan fingerprint density at radius 1 is 0.708 bits per heavy atom. The summed E-state index contributed by atoms with van der Waals surface area (Å²) < 4.78 is 6.42. The highest BCUT2D eigenvalue weighted by Crippen LogP contribution is 2.37. The summed E-state index contributed by atoms with van der Waals surface area (Å²) in [6, 6.07) is 9.30. The van der Waals surface area contributed by atoms with Gasteiger partial charge in [-0.2, -0.15) is 0 Å². The lowest BCUT2D eigenvalue weighted by Crippen LogP contribution is -2.17. The first-order valence-electron chi connectivity index (χ1n) is 8.93. The number of benzene rings is 2. The molecule has 0 aliphatic rings. The smallest absolute Gasteiger partial charge is 0.0917 e. The van der Waals surface area contributed by atoms with Crippen LogP contribution in [0.5, 0.6) is 0 Å². The van der Waals surface area contributed by atoms with Gasteiger partial charge >= 0.3 is 0 Å². The standard InChI is InChI=1S/C22H31OP/c1-8-9-10-23-24(21-11-15(2)19(6)16(3)12-21)22-13-17(4)20(7)18(5)14-22/h11-14H,8-10H2,1-7H3. The summed E-state index contributed by atoms with van der Waals surface area (Å²) in [6.45, 7) is 16.3. The van der Waals surface area contributed by atoms with Gasteiger partial charge in [0.2, 0.25) is 0 Å². The van der Waals surface area contributed by atoms with Crippen LogP contribution in [0.25, 0.3) is 0 Å². The predicted molar refractivity (Wildman–Crippen MR) is 108 cm³/mol. The molecule has 0 fully saturated rings. The Morgan fingerprint density at radius 2 is 1.08 bits per heavy atom. The number of hydrogen-bond acceptors (Lipinski definition) is 1. The average Bonchev–Trinajstić information content (AvgIpc) is 2.53. The molecule has 24 heavy (non-hydrogen) atoms. The molecular weight excluding hydrogens is 311 g/mol. The molecule has 130 valence electrons. The average molecular weight is 342 g/mol. The van der Waals surface area contributed by atoms with E-state index in [1.807, 2.05) is 0 Å². The van der Waals surface area contributed by atoms with Crippen LogP contribution < -0.4 is 10.6 Å². The van der Waals surface area contributed by atoms with Gasteiger partial charge in [0.25, 0.3) is 0 Å². The molecule has 2 heteroatoms. The number of unbranched alkanes of at least 4 members (excludes halogenated alkanes) is 1. The molecule has 2 rings (SSSR count). The molecule has 0 heterocycles. The second kappa shape index (κ2) is 8.28. The molecule has 0 saturated heterocycles. The van der Waals surface area contributed by atoms with Crippen molar-refractivity contribution in [1.82, 2.24) is 0 Å². The minimum Gasteiger partial charge on any atom is -0.350 e. The highest BCUT2D eigenvalue weighted by molar-refractivity contribution is 7.68. The van der Waals surface area contributed by atoms with Crippen LogP contribution in [0.4, 0.5) is 0 Å². The summed E-state index contributed by atoms with van der Waals surface area (Å²) in [7, 11) is -0.752. The molecule has 0 aliphatic heterocycles. The second-order valence-corrected chi connectivity index (χ2v) is 8.77. The van der Waals surface area contributed by atoms with Gasteiger partial charge in [0.15, 0.2) is 0 Å². The quantitative estimate of drug-likeness (QED) is 0.483. The van der Waals surface area contributed by atoms with Gasteiger partial charge in [-0.25, -0.2) is 0 Å². The largest absolute Gasteiger partial charge is 0.350 e. The predicted octanol–water partition coefficient (Wildman–Crippen LogP) is 5.70. The lowest BCUT2D eigenvalue weighted by atomic mass is 10.1. The van der Waals surface area contributed by atoms with Crippen LogP contribution in [0, 0.1) is 41.5 Å². The Morgan fingerprint density at radius 3 is 1.42 bits per heavy atom. The molecule has 0 N–H and O–H groups in total. The van der Waals surface area contributed by atoms with Crippen molar-refractivity contribution in [3.63, 3.8) is 0 Å². The number of aryl methyl sites for hydroxylation is 4. The van der Waals surface area contributed by atoms with Crippen LogP contribution in [0.15, 0.2) is 24.3 Å². The van der Waals surface area contributed by atoms with Crippen molar-refractivity contribution in [2.45, 2.75) is 61.3 Å². The summed E-state index contributed by atoms with van der Waals surface area (Å²) >= 11 is 0. The first kappa shape index (κ1) is 19.2. The molecule has 0 atom stereocenters. The summed E-state index contributed by atoms with van der Waals surface area (Å²) in [4.78, 5) is 0. The van der Waals surface area contributed by atoms with E-state index in [0.29, 0.717) is 0 Å². The van der Waals surface area contributed by atoms with Crippen molar-refractivity contribution < 1.29 is 4.52 Å². The third-order valence-corrected chi connectivity index (χ3v) is 6.91. The topological polar surface area (TPSA) is 9.23 Å². The monoisotopic (exact) mass is 342 g/mol. The molecule has 0 spiro atoms. The van der Waals surface area contributed by atoms with Crippen LogP contribution in [0.2, 0.25) is 0 Å². The molecule has 0 aliphatic carbocycles. The SMILES string of the molecule is CCCCOP(c1cc(C)c(C)c(C)c1)c1cc(C)c(C)c(C)c1. The molecule has 0 bridgehead atoms. The Kier molecular flexibility index (Phi) is 6.61. The first-order valence-corrected chi connectivity index (χ1v) is 10.2. The van der Waals surface area contributed by atoms with Crippen molar-refractivity contribution >= 4 is 18.8 Å².